The molecule has 7 heteroatoms. The summed E-state index contributed by atoms with van der Waals surface area (Å²) in [5.74, 6) is -1.81. The molecule has 0 bridgehead atoms. The largest absolute Gasteiger partial charge is 0.478 e. The second-order valence-electron chi connectivity index (χ2n) is 4.40. The number of aromatic carboxylic acids is 1. The number of rotatable bonds is 2. The van der Waals surface area contributed by atoms with Gasteiger partial charge in [-0.1, -0.05) is 11.6 Å². The van der Waals surface area contributed by atoms with Gasteiger partial charge in [0.15, 0.2) is 0 Å². The molecular weight excluding hydrogens is 299 g/mol. The Hall–Kier alpha value is -2.60. The molecule has 0 aliphatic carbocycles. The molecule has 0 atom stereocenters. The Kier molecular flexibility index (Phi) is 3.03. The van der Waals surface area contributed by atoms with Gasteiger partial charge in [-0.15, -0.1) is 0 Å². The lowest BCUT2D eigenvalue weighted by atomic mass is 10.2. The normalized spacial score (nSPS) is 11.0. The number of aromatic nitrogens is 2. The second kappa shape index (κ2) is 4.75. The van der Waals surface area contributed by atoms with Crippen LogP contribution < -0.4 is 5.69 Å². The van der Waals surface area contributed by atoms with Crippen molar-refractivity contribution in [3.63, 3.8) is 0 Å². The standard InChI is InChI=1S/C14H8ClFN2O3/c15-8-2-4-11(9(16)6-8)18-12-5-7(13(19)20)1-3-10(12)17-14(18)21/h1-6H,(H,17,21)(H,19,20). The number of benzene rings is 2. The van der Waals surface area contributed by atoms with Crippen molar-refractivity contribution < 1.29 is 14.3 Å². The van der Waals surface area contributed by atoms with E-state index in [1.807, 2.05) is 0 Å². The van der Waals surface area contributed by atoms with E-state index in [0.717, 1.165) is 10.6 Å². The number of hydrogen-bond donors (Lipinski definition) is 2. The predicted octanol–water partition coefficient (Wildman–Crippen LogP) is 2.81. The van der Waals surface area contributed by atoms with Gasteiger partial charge in [-0.2, -0.15) is 0 Å². The molecule has 0 radical (unpaired) electrons. The topological polar surface area (TPSA) is 75.1 Å². The van der Waals surface area contributed by atoms with Gasteiger partial charge in [0.1, 0.15) is 5.82 Å². The Balaban J connectivity index is 2.35. The van der Waals surface area contributed by atoms with Gasteiger partial charge in [-0.3, -0.25) is 4.57 Å². The maximum atomic E-state index is 14.0. The minimum absolute atomic E-state index is 0.00168. The van der Waals surface area contributed by atoms with Crippen molar-refractivity contribution >= 4 is 28.6 Å². The van der Waals surface area contributed by atoms with Crippen LogP contribution in [0.1, 0.15) is 10.4 Å². The van der Waals surface area contributed by atoms with Crippen LogP contribution in [0.4, 0.5) is 4.39 Å². The van der Waals surface area contributed by atoms with E-state index in [-0.39, 0.29) is 21.8 Å². The van der Waals surface area contributed by atoms with E-state index in [1.54, 1.807) is 0 Å². The van der Waals surface area contributed by atoms with Crippen molar-refractivity contribution in [2.75, 3.05) is 0 Å². The first kappa shape index (κ1) is 13.4. The summed E-state index contributed by atoms with van der Waals surface area (Å²) in [6.07, 6.45) is 0. The molecule has 0 saturated heterocycles. The van der Waals surface area contributed by atoms with Crippen molar-refractivity contribution in [2.45, 2.75) is 0 Å². The maximum absolute atomic E-state index is 14.0. The van der Waals surface area contributed by atoms with Crippen LogP contribution in [0.25, 0.3) is 16.7 Å². The number of halogens is 2. The number of fused-ring (bicyclic) bond motifs is 1. The predicted molar refractivity (Wildman–Crippen MR) is 75.8 cm³/mol. The van der Waals surface area contributed by atoms with Crippen LogP contribution in [-0.2, 0) is 0 Å². The molecule has 3 aromatic rings. The molecule has 2 N–H and O–H groups in total. The summed E-state index contributed by atoms with van der Waals surface area (Å²) in [5, 5.41) is 9.22. The summed E-state index contributed by atoms with van der Waals surface area (Å²) < 4.78 is 15.1. The molecule has 0 aliphatic rings. The number of carbonyl (C=O) groups is 1. The highest BCUT2D eigenvalue weighted by molar-refractivity contribution is 6.30. The quantitative estimate of drug-likeness (QED) is 0.764. The minimum Gasteiger partial charge on any atom is -0.478 e. The molecule has 1 aromatic heterocycles. The molecule has 0 unspecified atom stereocenters. The molecule has 5 nitrogen and oxygen atoms in total. The number of H-pyrrole nitrogens is 1. The van der Waals surface area contributed by atoms with Gasteiger partial charge >= 0.3 is 11.7 Å². The molecule has 21 heavy (non-hydrogen) atoms. The van der Waals surface area contributed by atoms with Crippen LogP contribution in [0, 0.1) is 5.82 Å². The van der Waals surface area contributed by atoms with Crippen LogP contribution in [0.15, 0.2) is 41.2 Å². The molecule has 0 amide bonds. The van der Waals surface area contributed by atoms with Gasteiger partial charge in [0, 0.05) is 5.02 Å². The van der Waals surface area contributed by atoms with Gasteiger partial charge in [0.25, 0.3) is 0 Å². The van der Waals surface area contributed by atoms with E-state index in [0.29, 0.717) is 5.52 Å². The Morgan fingerprint density at radius 2 is 2.00 bits per heavy atom. The number of hydrogen-bond acceptors (Lipinski definition) is 2. The highest BCUT2D eigenvalue weighted by atomic mass is 35.5. The van der Waals surface area contributed by atoms with Crippen molar-refractivity contribution in [1.29, 1.82) is 0 Å². The number of nitrogens with one attached hydrogen (secondary N) is 1. The average Bonchev–Trinajstić information content (AvgIpc) is 2.74. The average molecular weight is 307 g/mol. The SMILES string of the molecule is O=C(O)c1ccc2[nH]c(=O)n(-c3ccc(Cl)cc3F)c2c1. The van der Waals surface area contributed by atoms with E-state index in [2.05, 4.69) is 4.98 Å². The zero-order chi connectivity index (χ0) is 15.1. The Labute approximate surface area is 122 Å². The van der Waals surface area contributed by atoms with Gasteiger partial charge in [-0.05, 0) is 36.4 Å². The highest BCUT2D eigenvalue weighted by Crippen LogP contribution is 2.21. The molecule has 1 heterocycles. The molecule has 106 valence electrons. The van der Waals surface area contributed by atoms with E-state index < -0.39 is 17.5 Å². The van der Waals surface area contributed by atoms with Gasteiger partial charge in [-0.25, -0.2) is 14.0 Å². The van der Waals surface area contributed by atoms with Crippen LogP contribution >= 0.6 is 11.6 Å². The number of aromatic amines is 1. The summed E-state index contributed by atoms with van der Waals surface area (Å²) in [6.45, 7) is 0. The number of carboxylic acid groups (broad SMARTS) is 1. The van der Waals surface area contributed by atoms with Gasteiger partial charge in [0.05, 0.1) is 22.3 Å². The smallest absolute Gasteiger partial charge is 0.335 e. The van der Waals surface area contributed by atoms with E-state index in [4.69, 9.17) is 16.7 Å². The van der Waals surface area contributed by atoms with E-state index in [9.17, 15) is 14.0 Å². The van der Waals surface area contributed by atoms with Crippen molar-refractivity contribution in [3.8, 4) is 5.69 Å². The van der Waals surface area contributed by atoms with Crippen molar-refractivity contribution in [3.05, 3.63) is 63.3 Å². The zero-order valence-corrected chi connectivity index (χ0v) is 11.2. The molecular formula is C14H8ClFN2O3. The van der Waals surface area contributed by atoms with Crippen LogP contribution in [-0.4, -0.2) is 20.6 Å². The second-order valence-corrected chi connectivity index (χ2v) is 4.83. The Morgan fingerprint density at radius 3 is 2.67 bits per heavy atom. The third-order valence-corrected chi connectivity index (χ3v) is 3.32. The fourth-order valence-corrected chi connectivity index (χ4v) is 2.30. The number of imidazole rings is 1. The van der Waals surface area contributed by atoms with Crippen molar-refractivity contribution in [2.24, 2.45) is 0 Å². The lowest BCUT2D eigenvalue weighted by Crippen LogP contribution is -2.15. The maximum Gasteiger partial charge on any atom is 0.335 e. The molecule has 0 aliphatic heterocycles. The Morgan fingerprint density at radius 1 is 1.24 bits per heavy atom. The van der Waals surface area contributed by atoms with E-state index >= 15 is 0 Å². The van der Waals surface area contributed by atoms with Crippen LogP contribution in [0.5, 0.6) is 0 Å². The Bertz CT molecular complexity index is 930. The third-order valence-electron chi connectivity index (χ3n) is 3.08. The first-order valence-electron chi connectivity index (χ1n) is 5.91. The fourth-order valence-electron chi connectivity index (χ4n) is 2.14. The first-order valence-corrected chi connectivity index (χ1v) is 6.28. The molecule has 0 spiro atoms. The summed E-state index contributed by atoms with van der Waals surface area (Å²) in [7, 11) is 0. The molecule has 0 saturated carbocycles. The number of carboxylic acids is 1. The highest BCUT2D eigenvalue weighted by Gasteiger charge is 2.14. The lowest BCUT2D eigenvalue weighted by molar-refractivity contribution is 0.0697. The molecule has 2 aromatic carbocycles. The number of nitrogens with zero attached hydrogens (tertiary/aromatic N) is 1. The summed E-state index contributed by atoms with van der Waals surface area (Å²) in [5.41, 5.74) is 0.136. The zero-order valence-electron chi connectivity index (χ0n) is 10.4. The lowest BCUT2D eigenvalue weighted by Gasteiger charge is -2.05. The van der Waals surface area contributed by atoms with Gasteiger partial charge in [0.2, 0.25) is 0 Å². The summed E-state index contributed by atoms with van der Waals surface area (Å²) in [6, 6.07) is 8.03. The fraction of sp³-hybridized carbons (Fsp3) is 0. The van der Waals surface area contributed by atoms with Gasteiger partial charge < -0.3 is 10.1 Å². The minimum atomic E-state index is -1.13. The van der Waals surface area contributed by atoms with Crippen LogP contribution in [0.2, 0.25) is 5.02 Å². The monoisotopic (exact) mass is 306 g/mol. The summed E-state index contributed by atoms with van der Waals surface area (Å²) in [4.78, 5) is 25.6. The first-order chi connectivity index (χ1) is 9.97. The van der Waals surface area contributed by atoms with E-state index in [1.165, 1.54) is 30.3 Å². The third kappa shape index (κ3) is 2.19. The van der Waals surface area contributed by atoms with Crippen LogP contribution in [0.3, 0.4) is 0 Å². The van der Waals surface area contributed by atoms with Crippen molar-refractivity contribution in [1.82, 2.24) is 9.55 Å². The summed E-state index contributed by atoms with van der Waals surface area (Å²) >= 11 is 5.69. The molecule has 3 rings (SSSR count). The molecule has 0 fully saturated rings.